The van der Waals surface area contributed by atoms with Gasteiger partial charge < -0.3 is 25.0 Å². The Balaban J connectivity index is 3.23. The van der Waals surface area contributed by atoms with Crippen LogP contribution in [-0.2, 0) is 9.47 Å². The van der Waals surface area contributed by atoms with Gasteiger partial charge in [-0.2, -0.15) is 0 Å². The van der Waals surface area contributed by atoms with E-state index in [2.05, 4.69) is 12.2 Å². The van der Waals surface area contributed by atoms with Crippen molar-refractivity contribution in [1.82, 2.24) is 5.32 Å². The quantitative estimate of drug-likeness (QED) is 0.412. The zero-order chi connectivity index (χ0) is 14.3. The molecule has 2 atom stereocenters. The molecule has 5 heteroatoms. The second kappa shape index (κ2) is 14.2. The topological polar surface area (TPSA) is 71.0 Å². The fourth-order valence-electron chi connectivity index (χ4n) is 1.60. The van der Waals surface area contributed by atoms with Gasteiger partial charge in [0.1, 0.15) is 0 Å². The normalized spacial score (nSPS) is 14.5. The monoisotopic (exact) mass is 277 g/mol. The molecule has 116 valence electrons. The molecule has 0 bridgehead atoms. The minimum absolute atomic E-state index is 0.300. The van der Waals surface area contributed by atoms with Gasteiger partial charge >= 0.3 is 0 Å². The van der Waals surface area contributed by atoms with E-state index >= 15 is 0 Å². The number of unbranched alkanes of at least 4 members (excludes halogenated alkanes) is 1. The summed E-state index contributed by atoms with van der Waals surface area (Å²) in [4.78, 5) is 0. The van der Waals surface area contributed by atoms with Crippen molar-refractivity contribution in [3.8, 4) is 0 Å². The summed E-state index contributed by atoms with van der Waals surface area (Å²) in [6.07, 6.45) is 3.10. The summed E-state index contributed by atoms with van der Waals surface area (Å²) in [6.45, 7) is 7.29. The van der Waals surface area contributed by atoms with Gasteiger partial charge in [-0.15, -0.1) is 0 Å². The molecule has 5 nitrogen and oxygen atoms in total. The van der Waals surface area contributed by atoms with Gasteiger partial charge in [0.15, 0.2) is 0 Å². The minimum atomic E-state index is -0.538. The number of aliphatic hydroxyl groups excluding tert-OH is 2. The van der Waals surface area contributed by atoms with Gasteiger partial charge in [0, 0.05) is 19.7 Å². The summed E-state index contributed by atoms with van der Waals surface area (Å²) >= 11 is 0. The van der Waals surface area contributed by atoms with Crippen molar-refractivity contribution < 1.29 is 19.7 Å². The first-order chi connectivity index (χ1) is 9.20. The van der Waals surface area contributed by atoms with Crippen LogP contribution in [0.2, 0.25) is 0 Å². The lowest BCUT2D eigenvalue weighted by atomic mass is 10.2. The standard InChI is InChI=1S/C14H31NO4/c1-3-5-7-18-8-9-19-12-14(17)11-15-10-13(16)6-4-2/h13-17H,3-12H2,1-2H3. The second-order valence-corrected chi connectivity index (χ2v) is 4.80. The molecule has 2 unspecified atom stereocenters. The van der Waals surface area contributed by atoms with Gasteiger partial charge in [0.05, 0.1) is 32.0 Å². The van der Waals surface area contributed by atoms with Gasteiger partial charge in [0.25, 0.3) is 0 Å². The van der Waals surface area contributed by atoms with Crippen LogP contribution < -0.4 is 5.32 Å². The first-order valence-electron chi connectivity index (χ1n) is 7.43. The molecular weight excluding hydrogens is 246 g/mol. The highest BCUT2D eigenvalue weighted by Crippen LogP contribution is 1.94. The SMILES string of the molecule is CCCCOCCOCC(O)CNCC(O)CCC. The molecule has 0 aromatic rings. The number of rotatable bonds is 14. The molecule has 0 aromatic carbocycles. The Kier molecular flexibility index (Phi) is 14.1. The summed E-state index contributed by atoms with van der Waals surface area (Å²) < 4.78 is 10.6. The molecule has 0 radical (unpaired) electrons. The Bertz CT molecular complexity index is 181. The maximum Gasteiger partial charge on any atom is 0.0897 e. The van der Waals surface area contributed by atoms with E-state index in [0.717, 1.165) is 32.3 Å². The van der Waals surface area contributed by atoms with E-state index in [1.807, 2.05) is 6.92 Å². The highest BCUT2D eigenvalue weighted by atomic mass is 16.5. The number of nitrogens with one attached hydrogen (secondary N) is 1. The zero-order valence-electron chi connectivity index (χ0n) is 12.4. The Morgan fingerprint density at radius 3 is 2.26 bits per heavy atom. The lowest BCUT2D eigenvalue weighted by Gasteiger charge is -2.14. The van der Waals surface area contributed by atoms with Crippen LogP contribution in [0.3, 0.4) is 0 Å². The Morgan fingerprint density at radius 1 is 0.895 bits per heavy atom. The molecule has 0 fully saturated rings. The molecule has 0 aliphatic carbocycles. The first-order valence-corrected chi connectivity index (χ1v) is 7.43. The lowest BCUT2D eigenvalue weighted by Crippen LogP contribution is -2.35. The van der Waals surface area contributed by atoms with Gasteiger partial charge in [0.2, 0.25) is 0 Å². The molecule has 0 saturated heterocycles. The highest BCUT2D eigenvalue weighted by molar-refractivity contribution is 4.63. The predicted molar refractivity (Wildman–Crippen MR) is 76.3 cm³/mol. The van der Waals surface area contributed by atoms with E-state index in [4.69, 9.17) is 9.47 Å². The molecule has 0 rings (SSSR count). The van der Waals surface area contributed by atoms with Crippen LogP contribution in [0.1, 0.15) is 39.5 Å². The molecule has 0 spiro atoms. The minimum Gasteiger partial charge on any atom is -0.392 e. The van der Waals surface area contributed by atoms with E-state index in [-0.39, 0.29) is 6.10 Å². The summed E-state index contributed by atoms with van der Waals surface area (Å²) in [5.74, 6) is 0. The van der Waals surface area contributed by atoms with Crippen LogP contribution in [0, 0.1) is 0 Å². The number of hydrogen-bond donors (Lipinski definition) is 3. The number of ether oxygens (including phenoxy) is 2. The molecule has 0 aliphatic heterocycles. The van der Waals surface area contributed by atoms with Crippen molar-refractivity contribution in [2.24, 2.45) is 0 Å². The van der Waals surface area contributed by atoms with Crippen LogP contribution in [0.5, 0.6) is 0 Å². The van der Waals surface area contributed by atoms with Crippen molar-refractivity contribution in [3.63, 3.8) is 0 Å². The Hall–Kier alpha value is -0.200. The fraction of sp³-hybridized carbons (Fsp3) is 1.00. The van der Waals surface area contributed by atoms with Crippen LogP contribution in [0.15, 0.2) is 0 Å². The van der Waals surface area contributed by atoms with Crippen LogP contribution in [0.25, 0.3) is 0 Å². The van der Waals surface area contributed by atoms with E-state index < -0.39 is 6.10 Å². The van der Waals surface area contributed by atoms with E-state index in [1.54, 1.807) is 0 Å². The third kappa shape index (κ3) is 14.0. The van der Waals surface area contributed by atoms with Crippen molar-refractivity contribution in [2.45, 2.75) is 51.7 Å². The molecule has 0 amide bonds. The van der Waals surface area contributed by atoms with Crippen LogP contribution in [-0.4, -0.2) is 61.9 Å². The zero-order valence-corrected chi connectivity index (χ0v) is 12.4. The van der Waals surface area contributed by atoms with E-state index in [0.29, 0.717) is 32.9 Å². The average Bonchev–Trinajstić information content (AvgIpc) is 2.38. The second-order valence-electron chi connectivity index (χ2n) is 4.80. The van der Waals surface area contributed by atoms with Crippen LogP contribution in [0.4, 0.5) is 0 Å². The fourth-order valence-corrected chi connectivity index (χ4v) is 1.60. The lowest BCUT2D eigenvalue weighted by molar-refractivity contribution is 0.00314. The smallest absolute Gasteiger partial charge is 0.0897 e. The van der Waals surface area contributed by atoms with Gasteiger partial charge in [-0.3, -0.25) is 0 Å². The third-order valence-electron chi connectivity index (χ3n) is 2.71. The van der Waals surface area contributed by atoms with Crippen molar-refractivity contribution >= 4 is 0 Å². The van der Waals surface area contributed by atoms with Gasteiger partial charge in [-0.25, -0.2) is 0 Å². The molecular formula is C14H31NO4. The Labute approximate surface area is 117 Å². The van der Waals surface area contributed by atoms with Crippen LogP contribution >= 0.6 is 0 Å². The molecule has 0 saturated carbocycles. The molecule has 0 heterocycles. The van der Waals surface area contributed by atoms with Gasteiger partial charge in [-0.05, 0) is 12.8 Å². The summed E-state index contributed by atoms with van der Waals surface area (Å²) in [5.41, 5.74) is 0. The maximum atomic E-state index is 9.62. The number of hydrogen-bond acceptors (Lipinski definition) is 5. The van der Waals surface area contributed by atoms with Crippen molar-refractivity contribution in [1.29, 1.82) is 0 Å². The largest absolute Gasteiger partial charge is 0.392 e. The summed E-state index contributed by atoms with van der Waals surface area (Å²) in [7, 11) is 0. The molecule has 19 heavy (non-hydrogen) atoms. The first kappa shape index (κ1) is 18.8. The Morgan fingerprint density at radius 2 is 1.58 bits per heavy atom. The van der Waals surface area contributed by atoms with E-state index in [1.165, 1.54) is 0 Å². The summed E-state index contributed by atoms with van der Waals surface area (Å²) in [5, 5.41) is 22.1. The summed E-state index contributed by atoms with van der Waals surface area (Å²) in [6, 6.07) is 0. The van der Waals surface area contributed by atoms with Gasteiger partial charge in [-0.1, -0.05) is 26.7 Å². The maximum absolute atomic E-state index is 9.62. The van der Waals surface area contributed by atoms with Crippen molar-refractivity contribution in [3.05, 3.63) is 0 Å². The average molecular weight is 277 g/mol. The van der Waals surface area contributed by atoms with Crippen molar-refractivity contribution in [2.75, 3.05) is 39.5 Å². The van der Waals surface area contributed by atoms with E-state index in [9.17, 15) is 10.2 Å². The number of aliphatic hydroxyl groups is 2. The third-order valence-corrected chi connectivity index (χ3v) is 2.71. The highest BCUT2D eigenvalue weighted by Gasteiger charge is 2.06. The molecule has 3 N–H and O–H groups in total. The molecule has 0 aromatic heterocycles. The molecule has 0 aliphatic rings. The predicted octanol–water partition coefficient (Wildman–Crippen LogP) is 0.931.